The van der Waals surface area contributed by atoms with Gasteiger partial charge in [-0.1, -0.05) is 11.6 Å². The molecular formula is C14H19ClN2O3. The number of halogens is 1. The van der Waals surface area contributed by atoms with Gasteiger partial charge in [0.05, 0.1) is 18.2 Å². The first-order valence-electron chi connectivity index (χ1n) is 6.92. The van der Waals surface area contributed by atoms with E-state index in [0.29, 0.717) is 10.8 Å². The second-order valence-corrected chi connectivity index (χ2v) is 5.35. The Morgan fingerprint density at radius 1 is 1.20 bits per heavy atom. The summed E-state index contributed by atoms with van der Waals surface area (Å²) in [6.07, 6.45) is 0. The molecule has 0 aromatic heterocycles. The zero-order valence-corrected chi connectivity index (χ0v) is 12.1. The Morgan fingerprint density at radius 2 is 2.05 bits per heavy atom. The number of benzene rings is 1. The van der Waals surface area contributed by atoms with E-state index in [0.717, 1.165) is 57.3 Å². The molecular weight excluding hydrogens is 280 g/mol. The highest BCUT2D eigenvalue weighted by molar-refractivity contribution is 6.32. The van der Waals surface area contributed by atoms with E-state index < -0.39 is 0 Å². The van der Waals surface area contributed by atoms with Crippen molar-refractivity contribution < 1.29 is 14.2 Å². The van der Waals surface area contributed by atoms with Crippen molar-refractivity contribution >= 4 is 11.6 Å². The molecule has 2 aliphatic rings. The van der Waals surface area contributed by atoms with Crippen molar-refractivity contribution in [1.29, 1.82) is 0 Å². The quantitative estimate of drug-likeness (QED) is 0.834. The van der Waals surface area contributed by atoms with E-state index in [9.17, 15) is 0 Å². The number of nitrogens with one attached hydrogen (secondary N) is 1. The normalized spacial score (nSPS) is 18.4. The van der Waals surface area contributed by atoms with E-state index in [1.807, 2.05) is 12.1 Å². The molecule has 0 saturated carbocycles. The summed E-state index contributed by atoms with van der Waals surface area (Å²) in [6, 6.07) is 3.91. The van der Waals surface area contributed by atoms with Gasteiger partial charge in [0.2, 0.25) is 6.79 Å². The molecule has 1 saturated heterocycles. The summed E-state index contributed by atoms with van der Waals surface area (Å²) in [4.78, 5) is 2.41. The van der Waals surface area contributed by atoms with Crippen LogP contribution in [0.3, 0.4) is 0 Å². The predicted molar refractivity (Wildman–Crippen MR) is 76.5 cm³/mol. The van der Waals surface area contributed by atoms with Crippen LogP contribution in [0, 0.1) is 0 Å². The first-order valence-corrected chi connectivity index (χ1v) is 7.29. The summed E-state index contributed by atoms with van der Waals surface area (Å²) < 4.78 is 16.0. The number of fused-ring (bicyclic) bond motifs is 1. The highest BCUT2D eigenvalue weighted by Crippen LogP contribution is 2.39. The summed E-state index contributed by atoms with van der Waals surface area (Å²) in [6.45, 7) is 6.77. The van der Waals surface area contributed by atoms with Crippen LogP contribution in [0.2, 0.25) is 5.02 Å². The number of hydrogen-bond donors (Lipinski definition) is 1. The molecule has 0 bridgehead atoms. The van der Waals surface area contributed by atoms with E-state index in [-0.39, 0.29) is 6.79 Å². The molecule has 1 aromatic carbocycles. The fourth-order valence-electron chi connectivity index (χ4n) is 2.42. The topological polar surface area (TPSA) is 43.0 Å². The van der Waals surface area contributed by atoms with Gasteiger partial charge in [0.25, 0.3) is 0 Å². The van der Waals surface area contributed by atoms with Crippen molar-refractivity contribution in [3.05, 3.63) is 22.7 Å². The van der Waals surface area contributed by atoms with Crippen molar-refractivity contribution in [2.75, 3.05) is 46.2 Å². The standard InChI is InChI=1S/C14H19ClN2O3/c15-12-7-11(8-13-14(12)20-10-19-13)9-16-1-2-17-3-5-18-6-4-17/h7-8,16H,1-6,9-10H2. The van der Waals surface area contributed by atoms with Gasteiger partial charge >= 0.3 is 0 Å². The molecule has 0 atom stereocenters. The Bertz CT molecular complexity index is 464. The molecule has 5 nitrogen and oxygen atoms in total. The Balaban J connectivity index is 1.45. The molecule has 2 heterocycles. The van der Waals surface area contributed by atoms with E-state index in [2.05, 4.69) is 10.2 Å². The number of hydrogen-bond acceptors (Lipinski definition) is 5. The molecule has 0 aliphatic carbocycles. The maximum absolute atomic E-state index is 6.15. The van der Waals surface area contributed by atoms with Gasteiger partial charge in [0, 0.05) is 32.7 Å². The van der Waals surface area contributed by atoms with Crippen LogP contribution >= 0.6 is 11.6 Å². The molecule has 0 radical (unpaired) electrons. The summed E-state index contributed by atoms with van der Waals surface area (Å²) in [5, 5.41) is 4.05. The average molecular weight is 299 g/mol. The first kappa shape index (κ1) is 13.9. The molecule has 0 spiro atoms. The number of morpholine rings is 1. The summed E-state index contributed by atoms with van der Waals surface area (Å²) >= 11 is 6.15. The van der Waals surface area contributed by atoms with Crippen LogP contribution < -0.4 is 14.8 Å². The van der Waals surface area contributed by atoms with E-state index >= 15 is 0 Å². The minimum absolute atomic E-state index is 0.253. The summed E-state index contributed by atoms with van der Waals surface area (Å²) in [7, 11) is 0. The van der Waals surface area contributed by atoms with Gasteiger partial charge < -0.3 is 19.5 Å². The maximum Gasteiger partial charge on any atom is 0.231 e. The van der Waals surface area contributed by atoms with Gasteiger partial charge in [-0.05, 0) is 17.7 Å². The fourth-order valence-corrected chi connectivity index (χ4v) is 2.71. The average Bonchev–Trinajstić information content (AvgIpc) is 2.94. The van der Waals surface area contributed by atoms with Crippen LogP contribution in [0.1, 0.15) is 5.56 Å². The van der Waals surface area contributed by atoms with Crippen molar-refractivity contribution in [2.24, 2.45) is 0 Å². The minimum atomic E-state index is 0.253. The third kappa shape index (κ3) is 3.35. The third-order valence-corrected chi connectivity index (χ3v) is 3.81. The van der Waals surface area contributed by atoms with Crippen LogP contribution in [-0.4, -0.2) is 51.1 Å². The van der Waals surface area contributed by atoms with Crippen molar-refractivity contribution in [2.45, 2.75) is 6.54 Å². The molecule has 6 heteroatoms. The van der Waals surface area contributed by atoms with Crippen molar-refractivity contribution in [3.8, 4) is 11.5 Å². The zero-order chi connectivity index (χ0) is 13.8. The Morgan fingerprint density at radius 3 is 2.90 bits per heavy atom. The fraction of sp³-hybridized carbons (Fsp3) is 0.571. The molecule has 2 aliphatic heterocycles. The van der Waals surface area contributed by atoms with Gasteiger partial charge in [-0.3, -0.25) is 4.90 Å². The molecule has 1 N–H and O–H groups in total. The monoisotopic (exact) mass is 298 g/mol. The molecule has 0 amide bonds. The third-order valence-electron chi connectivity index (χ3n) is 3.52. The number of rotatable bonds is 5. The van der Waals surface area contributed by atoms with Crippen LogP contribution in [0.25, 0.3) is 0 Å². The Labute approximate surface area is 123 Å². The SMILES string of the molecule is Clc1cc(CNCCN2CCOCC2)cc2c1OCO2. The second kappa shape index (κ2) is 6.63. The summed E-state index contributed by atoms with van der Waals surface area (Å²) in [5.41, 5.74) is 1.11. The second-order valence-electron chi connectivity index (χ2n) is 4.94. The Kier molecular flexibility index (Phi) is 4.62. The molecule has 0 unspecified atom stereocenters. The predicted octanol–water partition coefficient (Wildman–Crippen LogP) is 1.49. The van der Waals surface area contributed by atoms with E-state index in [4.69, 9.17) is 25.8 Å². The lowest BCUT2D eigenvalue weighted by Gasteiger charge is -2.26. The van der Waals surface area contributed by atoms with E-state index in [1.54, 1.807) is 0 Å². The van der Waals surface area contributed by atoms with Gasteiger partial charge in [0.1, 0.15) is 0 Å². The largest absolute Gasteiger partial charge is 0.454 e. The molecule has 3 rings (SSSR count). The van der Waals surface area contributed by atoms with Crippen LogP contribution in [-0.2, 0) is 11.3 Å². The first-order chi connectivity index (χ1) is 9.83. The van der Waals surface area contributed by atoms with Gasteiger partial charge in [-0.25, -0.2) is 0 Å². The zero-order valence-electron chi connectivity index (χ0n) is 11.4. The molecule has 1 fully saturated rings. The van der Waals surface area contributed by atoms with Gasteiger partial charge in [-0.15, -0.1) is 0 Å². The molecule has 20 heavy (non-hydrogen) atoms. The smallest absolute Gasteiger partial charge is 0.231 e. The van der Waals surface area contributed by atoms with Gasteiger partial charge in [-0.2, -0.15) is 0 Å². The lowest BCUT2D eigenvalue weighted by atomic mass is 10.2. The van der Waals surface area contributed by atoms with Crippen molar-refractivity contribution in [1.82, 2.24) is 10.2 Å². The highest BCUT2D eigenvalue weighted by Gasteiger charge is 2.18. The lowest BCUT2D eigenvalue weighted by Crippen LogP contribution is -2.40. The van der Waals surface area contributed by atoms with Gasteiger partial charge in [0.15, 0.2) is 11.5 Å². The Hall–Kier alpha value is -1.01. The lowest BCUT2D eigenvalue weighted by molar-refractivity contribution is 0.0384. The minimum Gasteiger partial charge on any atom is -0.454 e. The van der Waals surface area contributed by atoms with E-state index in [1.165, 1.54) is 0 Å². The summed E-state index contributed by atoms with van der Waals surface area (Å²) in [5.74, 6) is 1.39. The van der Waals surface area contributed by atoms with Crippen LogP contribution in [0.5, 0.6) is 11.5 Å². The molecule has 1 aromatic rings. The van der Waals surface area contributed by atoms with Crippen molar-refractivity contribution in [3.63, 3.8) is 0 Å². The number of nitrogens with zero attached hydrogens (tertiary/aromatic N) is 1. The highest BCUT2D eigenvalue weighted by atomic mass is 35.5. The maximum atomic E-state index is 6.15. The molecule has 110 valence electrons. The number of ether oxygens (including phenoxy) is 3. The van der Waals surface area contributed by atoms with Crippen LogP contribution in [0.4, 0.5) is 0 Å². The van der Waals surface area contributed by atoms with Crippen LogP contribution in [0.15, 0.2) is 12.1 Å².